The van der Waals surface area contributed by atoms with Crippen molar-refractivity contribution in [2.75, 3.05) is 10.7 Å². The third-order valence-electron chi connectivity index (χ3n) is 2.63. The van der Waals surface area contributed by atoms with E-state index in [1.54, 1.807) is 13.0 Å². The lowest BCUT2D eigenvalue weighted by Gasteiger charge is -2.10. The Balaban J connectivity index is 2.39. The van der Waals surface area contributed by atoms with Crippen molar-refractivity contribution >= 4 is 23.0 Å². The fourth-order valence-electron chi connectivity index (χ4n) is 1.63. The molecule has 2 aromatic rings. The maximum atomic E-state index is 13.2. The topological polar surface area (TPSA) is 106 Å². The third-order valence-corrected chi connectivity index (χ3v) is 2.63. The second-order valence-electron chi connectivity index (χ2n) is 4.08. The number of pyridine rings is 1. The molecule has 0 saturated heterocycles. The van der Waals surface area contributed by atoms with Crippen LogP contribution in [0.4, 0.5) is 27.4 Å². The molecule has 7 nitrogen and oxygen atoms in total. The zero-order valence-electron chi connectivity index (χ0n) is 10.6. The van der Waals surface area contributed by atoms with Crippen molar-refractivity contribution in [3.63, 3.8) is 0 Å². The summed E-state index contributed by atoms with van der Waals surface area (Å²) in [7, 11) is 0. The molecular formula is C12H12FN5O2. The molecule has 2 rings (SSSR count). The van der Waals surface area contributed by atoms with Gasteiger partial charge in [0.2, 0.25) is 0 Å². The zero-order chi connectivity index (χ0) is 14.7. The van der Waals surface area contributed by atoms with Crippen molar-refractivity contribution in [2.45, 2.75) is 6.92 Å². The van der Waals surface area contributed by atoms with Crippen LogP contribution in [0.2, 0.25) is 0 Å². The number of aryl methyl sites for hydroxylation is 1. The van der Waals surface area contributed by atoms with Crippen LogP contribution in [0, 0.1) is 22.9 Å². The van der Waals surface area contributed by atoms with E-state index in [0.717, 1.165) is 5.56 Å². The number of benzene rings is 1. The number of nitrogens with one attached hydrogen (secondary N) is 2. The summed E-state index contributed by atoms with van der Waals surface area (Å²) >= 11 is 0. The summed E-state index contributed by atoms with van der Waals surface area (Å²) in [4.78, 5) is 14.3. The Bertz CT molecular complexity index is 662. The lowest BCUT2D eigenvalue weighted by Crippen LogP contribution is -2.10. The van der Waals surface area contributed by atoms with E-state index in [1.807, 2.05) is 0 Å². The molecule has 0 bridgehead atoms. The second kappa shape index (κ2) is 5.49. The monoisotopic (exact) mass is 277 g/mol. The standard InChI is InChI=1S/C12H12FN5O2/c1-7-2-3-8(13)4-10(7)15-11-5-9(18(19)20)6-12(16-11)17-14/h2-6H,14H2,1H3,(H2,15,16,17). The van der Waals surface area contributed by atoms with Gasteiger partial charge in [-0.1, -0.05) is 6.07 Å². The molecule has 0 aliphatic heterocycles. The summed E-state index contributed by atoms with van der Waals surface area (Å²) < 4.78 is 13.2. The first kappa shape index (κ1) is 13.7. The van der Waals surface area contributed by atoms with Gasteiger partial charge in [-0.3, -0.25) is 10.1 Å². The minimum absolute atomic E-state index is 0.135. The molecule has 0 radical (unpaired) electrons. The highest BCUT2D eigenvalue weighted by atomic mass is 19.1. The second-order valence-corrected chi connectivity index (χ2v) is 4.08. The first-order valence-electron chi connectivity index (χ1n) is 5.66. The summed E-state index contributed by atoms with van der Waals surface area (Å²) in [5, 5.41) is 13.6. The molecule has 8 heteroatoms. The van der Waals surface area contributed by atoms with Gasteiger partial charge in [0.1, 0.15) is 17.5 Å². The lowest BCUT2D eigenvalue weighted by atomic mass is 10.2. The van der Waals surface area contributed by atoms with Crippen LogP contribution in [0.3, 0.4) is 0 Å². The Hall–Kier alpha value is -2.74. The van der Waals surface area contributed by atoms with Crippen LogP contribution in [0.1, 0.15) is 5.56 Å². The van der Waals surface area contributed by atoms with Crippen LogP contribution in [0.25, 0.3) is 0 Å². The van der Waals surface area contributed by atoms with Gasteiger partial charge < -0.3 is 10.7 Å². The van der Waals surface area contributed by atoms with Crippen LogP contribution >= 0.6 is 0 Å². The highest BCUT2D eigenvalue weighted by Gasteiger charge is 2.11. The van der Waals surface area contributed by atoms with E-state index in [1.165, 1.54) is 24.3 Å². The zero-order valence-corrected chi connectivity index (χ0v) is 10.6. The lowest BCUT2D eigenvalue weighted by molar-refractivity contribution is -0.384. The fraction of sp³-hybridized carbons (Fsp3) is 0.0833. The van der Waals surface area contributed by atoms with Gasteiger partial charge in [-0.05, 0) is 24.6 Å². The average Bonchev–Trinajstić information content (AvgIpc) is 2.42. The van der Waals surface area contributed by atoms with Crippen LogP contribution in [0.15, 0.2) is 30.3 Å². The van der Waals surface area contributed by atoms with Gasteiger partial charge in [-0.15, -0.1) is 0 Å². The molecule has 0 fully saturated rings. The summed E-state index contributed by atoms with van der Waals surface area (Å²) in [6.45, 7) is 1.78. The summed E-state index contributed by atoms with van der Waals surface area (Å²) in [6.07, 6.45) is 0. The Morgan fingerprint density at radius 3 is 2.65 bits per heavy atom. The SMILES string of the molecule is Cc1ccc(F)cc1Nc1cc([N+](=O)[O-])cc(NN)n1. The summed E-state index contributed by atoms with van der Waals surface area (Å²) in [5.41, 5.74) is 3.32. The molecule has 0 aliphatic carbocycles. The van der Waals surface area contributed by atoms with Crippen molar-refractivity contribution < 1.29 is 9.31 Å². The molecule has 1 aromatic carbocycles. The van der Waals surface area contributed by atoms with E-state index < -0.39 is 10.7 Å². The maximum Gasteiger partial charge on any atom is 0.276 e. The van der Waals surface area contributed by atoms with Crippen LogP contribution in [-0.2, 0) is 0 Å². The van der Waals surface area contributed by atoms with Crippen LogP contribution < -0.4 is 16.6 Å². The van der Waals surface area contributed by atoms with E-state index in [-0.39, 0.29) is 17.3 Å². The van der Waals surface area contributed by atoms with Gasteiger partial charge in [-0.2, -0.15) is 0 Å². The van der Waals surface area contributed by atoms with Crippen molar-refractivity contribution in [1.82, 2.24) is 4.98 Å². The summed E-state index contributed by atoms with van der Waals surface area (Å²) in [6, 6.07) is 6.64. The molecule has 0 saturated carbocycles. The minimum atomic E-state index is -0.563. The molecule has 0 atom stereocenters. The average molecular weight is 277 g/mol. The normalized spacial score (nSPS) is 10.2. The molecule has 0 amide bonds. The molecule has 0 unspecified atom stereocenters. The number of nitrogen functional groups attached to an aromatic ring is 1. The largest absolute Gasteiger partial charge is 0.340 e. The molecule has 20 heavy (non-hydrogen) atoms. The van der Waals surface area contributed by atoms with Crippen LogP contribution in [0.5, 0.6) is 0 Å². The number of anilines is 3. The predicted octanol–water partition coefficient (Wildman–Crippen LogP) is 2.47. The number of rotatable bonds is 4. The van der Waals surface area contributed by atoms with E-state index >= 15 is 0 Å². The number of hydrogen-bond acceptors (Lipinski definition) is 6. The molecule has 1 heterocycles. The molecular weight excluding hydrogens is 265 g/mol. The Kier molecular flexibility index (Phi) is 3.76. The first-order valence-corrected chi connectivity index (χ1v) is 5.66. The number of nitrogens with two attached hydrogens (primary N) is 1. The molecule has 0 aliphatic rings. The van der Waals surface area contributed by atoms with Crippen molar-refractivity contribution in [3.05, 3.63) is 51.8 Å². The van der Waals surface area contributed by atoms with Crippen molar-refractivity contribution in [1.29, 1.82) is 0 Å². The Morgan fingerprint density at radius 1 is 1.30 bits per heavy atom. The van der Waals surface area contributed by atoms with E-state index in [0.29, 0.717) is 5.69 Å². The molecule has 104 valence electrons. The van der Waals surface area contributed by atoms with Gasteiger partial charge in [0, 0.05) is 5.69 Å². The van der Waals surface area contributed by atoms with Gasteiger partial charge in [0.15, 0.2) is 0 Å². The predicted molar refractivity (Wildman–Crippen MR) is 73.1 cm³/mol. The quantitative estimate of drug-likeness (QED) is 0.450. The maximum absolute atomic E-state index is 13.2. The van der Waals surface area contributed by atoms with E-state index in [9.17, 15) is 14.5 Å². The van der Waals surface area contributed by atoms with Crippen molar-refractivity contribution in [3.8, 4) is 0 Å². The number of nitrogens with zero attached hydrogens (tertiary/aromatic N) is 2. The number of aromatic nitrogens is 1. The highest BCUT2D eigenvalue weighted by molar-refractivity contribution is 5.64. The summed E-state index contributed by atoms with van der Waals surface area (Å²) in [5.74, 6) is 5.13. The smallest absolute Gasteiger partial charge is 0.276 e. The highest BCUT2D eigenvalue weighted by Crippen LogP contribution is 2.25. The fourth-order valence-corrected chi connectivity index (χ4v) is 1.63. The minimum Gasteiger partial charge on any atom is -0.340 e. The number of nitro groups is 1. The number of halogens is 1. The van der Waals surface area contributed by atoms with Gasteiger partial charge in [0.05, 0.1) is 17.1 Å². The van der Waals surface area contributed by atoms with E-state index in [2.05, 4.69) is 15.7 Å². The number of hydrogen-bond donors (Lipinski definition) is 3. The van der Waals surface area contributed by atoms with Gasteiger partial charge in [0.25, 0.3) is 5.69 Å². The Labute approximate surface area is 113 Å². The molecule has 4 N–H and O–H groups in total. The van der Waals surface area contributed by atoms with Crippen LogP contribution in [-0.4, -0.2) is 9.91 Å². The Morgan fingerprint density at radius 2 is 2.00 bits per heavy atom. The molecule has 1 aromatic heterocycles. The van der Waals surface area contributed by atoms with Crippen molar-refractivity contribution in [2.24, 2.45) is 5.84 Å². The van der Waals surface area contributed by atoms with Gasteiger partial charge >= 0.3 is 0 Å². The number of hydrazine groups is 1. The van der Waals surface area contributed by atoms with E-state index in [4.69, 9.17) is 5.84 Å². The van der Waals surface area contributed by atoms with Gasteiger partial charge in [-0.25, -0.2) is 15.2 Å². The molecule has 0 spiro atoms. The third kappa shape index (κ3) is 2.98. The first-order chi connectivity index (χ1) is 9.49.